The van der Waals surface area contributed by atoms with Gasteiger partial charge in [-0.1, -0.05) is 19.9 Å². The van der Waals surface area contributed by atoms with Crippen molar-refractivity contribution < 1.29 is 14.6 Å². The maximum absolute atomic E-state index is 12.7. The monoisotopic (exact) mass is 536 g/mol. The Labute approximate surface area is 200 Å². The van der Waals surface area contributed by atoms with Gasteiger partial charge in [-0.3, -0.25) is 0 Å². The maximum atomic E-state index is 12.7. The van der Waals surface area contributed by atoms with E-state index in [-0.39, 0.29) is 17.5 Å². The van der Waals surface area contributed by atoms with E-state index in [1.54, 1.807) is 0 Å². The van der Waals surface area contributed by atoms with Gasteiger partial charge in [-0.2, -0.15) is 0 Å². The minimum Gasteiger partial charge on any atom is -0.459 e. The molecule has 0 bridgehead atoms. The molecule has 0 aromatic heterocycles. The number of fused-ring (bicyclic) bond motifs is 5. The Morgan fingerprint density at radius 3 is 2.58 bits per heavy atom. The van der Waals surface area contributed by atoms with Crippen LogP contribution in [-0.2, 0) is 4.74 Å². The van der Waals surface area contributed by atoms with Gasteiger partial charge in [0.25, 0.3) is 0 Å². The van der Waals surface area contributed by atoms with Crippen molar-refractivity contribution in [3.8, 4) is 0 Å². The lowest BCUT2D eigenvalue weighted by Gasteiger charge is -2.61. The fourth-order valence-corrected chi connectivity index (χ4v) is 8.95. The SMILES string of the molecule is C[C@]12CC[C@@H](OC(=O)c3cccc(I)c3)C[C@@H]1CC[C@@H]1[C@H]2CC[C@@]2(C)[C@@H]1CC[C@]2(C)O. The molecule has 4 saturated carbocycles. The molecule has 0 unspecified atom stereocenters. The van der Waals surface area contributed by atoms with E-state index in [4.69, 9.17) is 4.74 Å². The van der Waals surface area contributed by atoms with Crippen LogP contribution in [0.1, 0.15) is 88.9 Å². The van der Waals surface area contributed by atoms with Crippen LogP contribution in [-0.4, -0.2) is 22.8 Å². The van der Waals surface area contributed by atoms with Crippen LogP contribution in [0.25, 0.3) is 0 Å². The molecule has 4 heteroatoms. The molecular formula is C27H37IO3. The summed E-state index contributed by atoms with van der Waals surface area (Å²) in [5, 5.41) is 11.1. The first kappa shape index (κ1) is 22.2. The van der Waals surface area contributed by atoms with Gasteiger partial charge >= 0.3 is 5.97 Å². The first-order valence-electron chi connectivity index (χ1n) is 12.3. The van der Waals surface area contributed by atoms with E-state index in [1.165, 1.54) is 38.5 Å². The topological polar surface area (TPSA) is 46.5 Å². The van der Waals surface area contributed by atoms with Crippen molar-refractivity contribution in [2.75, 3.05) is 0 Å². The zero-order valence-electron chi connectivity index (χ0n) is 19.2. The molecule has 31 heavy (non-hydrogen) atoms. The maximum Gasteiger partial charge on any atom is 0.338 e. The third-order valence-electron chi connectivity index (χ3n) is 10.5. The molecule has 4 aliphatic carbocycles. The number of halogens is 1. The largest absolute Gasteiger partial charge is 0.459 e. The smallest absolute Gasteiger partial charge is 0.338 e. The molecule has 170 valence electrons. The van der Waals surface area contributed by atoms with Crippen LogP contribution in [0.5, 0.6) is 0 Å². The predicted octanol–water partition coefficient (Wildman–Crippen LogP) is 6.61. The van der Waals surface area contributed by atoms with Crippen molar-refractivity contribution >= 4 is 28.6 Å². The summed E-state index contributed by atoms with van der Waals surface area (Å²) in [5.41, 5.74) is 0.631. The minimum absolute atomic E-state index is 0.0565. The van der Waals surface area contributed by atoms with Gasteiger partial charge in [0.15, 0.2) is 0 Å². The standard InChI is InChI=1S/C27H37IO3/c1-25-12-9-20(31-24(29)17-5-4-6-19(28)15-17)16-18(25)7-8-21-22(25)10-13-26(2)23(21)11-14-27(26,3)30/h4-6,15,18,20-23,30H,7-14,16H2,1-3H3/t18-,20+,21+,22+,23+,25-,26-,27-/m0/s1. The van der Waals surface area contributed by atoms with Crippen LogP contribution >= 0.6 is 22.6 Å². The Hall–Kier alpha value is -0.620. The van der Waals surface area contributed by atoms with Gasteiger partial charge in [-0.25, -0.2) is 4.79 Å². The van der Waals surface area contributed by atoms with Crippen LogP contribution in [0.3, 0.4) is 0 Å². The number of aliphatic hydroxyl groups is 1. The molecule has 3 nitrogen and oxygen atoms in total. The Morgan fingerprint density at radius 2 is 1.81 bits per heavy atom. The van der Waals surface area contributed by atoms with Gasteiger partial charge in [0, 0.05) is 3.57 Å². The van der Waals surface area contributed by atoms with Gasteiger partial charge in [0.1, 0.15) is 6.10 Å². The van der Waals surface area contributed by atoms with E-state index >= 15 is 0 Å². The third kappa shape index (κ3) is 3.50. The highest BCUT2D eigenvalue weighted by Gasteiger charge is 2.63. The molecule has 0 aliphatic heterocycles. The predicted molar refractivity (Wildman–Crippen MR) is 131 cm³/mol. The van der Waals surface area contributed by atoms with Gasteiger partial charge in [0.05, 0.1) is 11.2 Å². The zero-order chi connectivity index (χ0) is 22.0. The number of ether oxygens (including phenoxy) is 1. The van der Waals surface area contributed by atoms with Crippen molar-refractivity contribution in [2.45, 2.75) is 90.3 Å². The normalized spacial score (nSPS) is 46.5. The summed E-state index contributed by atoms with van der Waals surface area (Å²) in [6, 6.07) is 7.70. The zero-order valence-corrected chi connectivity index (χ0v) is 21.4. The van der Waals surface area contributed by atoms with Crippen LogP contribution in [0.4, 0.5) is 0 Å². The van der Waals surface area contributed by atoms with Crippen molar-refractivity contribution in [3.63, 3.8) is 0 Å². The Morgan fingerprint density at radius 1 is 1.03 bits per heavy atom. The summed E-state index contributed by atoms with van der Waals surface area (Å²) < 4.78 is 7.07. The molecule has 0 spiro atoms. The van der Waals surface area contributed by atoms with E-state index in [9.17, 15) is 9.90 Å². The molecule has 4 aliphatic rings. The second-order valence-electron chi connectivity index (χ2n) is 11.7. The lowest BCUT2D eigenvalue weighted by molar-refractivity contribution is -0.153. The molecule has 0 heterocycles. The molecule has 1 aromatic rings. The van der Waals surface area contributed by atoms with Crippen molar-refractivity contribution in [2.24, 2.45) is 34.5 Å². The summed E-state index contributed by atoms with van der Waals surface area (Å²) in [4.78, 5) is 12.7. The number of carbonyl (C=O) groups excluding carboxylic acids is 1. The second-order valence-corrected chi connectivity index (χ2v) is 13.0. The van der Waals surface area contributed by atoms with E-state index in [0.29, 0.717) is 22.8 Å². The lowest BCUT2D eigenvalue weighted by atomic mass is 9.44. The van der Waals surface area contributed by atoms with Crippen molar-refractivity contribution in [3.05, 3.63) is 33.4 Å². The quantitative estimate of drug-likeness (QED) is 0.342. The highest BCUT2D eigenvalue weighted by atomic mass is 127. The molecule has 5 rings (SSSR count). The molecule has 8 atom stereocenters. The summed E-state index contributed by atoms with van der Waals surface area (Å²) >= 11 is 2.24. The molecular weight excluding hydrogens is 499 g/mol. The van der Waals surface area contributed by atoms with Crippen molar-refractivity contribution in [1.82, 2.24) is 0 Å². The number of carbonyl (C=O) groups is 1. The lowest BCUT2D eigenvalue weighted by Crippen LogP contribution is -2.56. The van der Waals surface area contributed by atoms with Gasteiger partial charge in [0.2, 0.25) is 0 Å². The van der Waals surface area contributed by atoms with E-state index < -0.39 is 5.60 Å². The number of rotatable bonds is 2. The van der Waals surface area contributed by atoms with E-state index in [1.807, 2.05) is 24.3 Å². The van der Waals surface area contributed by atoms with Gasteiger partial charge < -0.3 is 9.84 Å². The fraction of sp³-hybridized carbons (Fsp3) is 0.741. The number of hydrogen-bond acceptors (Lipinski definition) is 3. The highest BCUT2D eigenvalue weighted by molar-refractivity contribution is 14.1. The molecule has 0 radical (unpaired) electrons. The number of benzene rings is 1. The Balaban J connectivity index is 1.28. The first-order valence-corrected chi connectivity index (χ1v) is 13.4. The average Bonchev–Trinajstić information content (AvgIpc) is 2.97. The van der Waals surface area contributed by atoms with Gasteiger partial charge in [-0.15, -0.1) is 0 Å². The Kier molecular flexibility index (Phi) is 5.52. The van der Waals surface area contributed by atoms with E-state index in [0.717, 1.165) is 34.7 Å². The summed E-state index contributed by atoms with van der Waals surface area (Å²) in [5.74, 6) is 2.70. The summed E-state index contributed by atoms with van der Waals surface area (Å²) in [6.07, 6.45) is 10.4. The third-order valence-corrected chi connectivity index (χ3v) is 11.2. The van der Waals surface area contributed by atoms with Crippen molar-refractivity contribution in [1.29, 1.82) is 0 Å². The minimum atomic E-state index is -0.499. The van der Waals surface area contributed by atoms with Gasteiger partial charge in [-0.05, 0) is 140 Å². The number of hydrogen-bond donors (Lipinski definition) is 1. The van der Waals surface area contributed by atoms with E-state index in [2.05, 4.69) is 43.4 Å². The molecule has 1 N–H and O–H groups in total. The molecule has 0 amide bonds. The summed E-state index contributed by atoms with van der Waals surface area (Å²) in [6.45, 7) is 7.01. The Bertz CT molecular complexity index is 866. The fourth-order valence-electron chi connectivity index (χ4n) is 8.40. The van der Waals surface area contributed by atoms with Crippen LogP contribution in [0.15, 0.2) is 24.3 Å². The van der Waals surface area contributed by atoms with Crippen LogP contribution < -0.4 is 0 Å². The van der Waals surface area contributed by atoms with Crippen LogP contribution in [0.2, 0.25) is 0 Å². The van der Waals surface area contributed by atoms with Crippen LogP contribution in [0, 0.1) is 38.1 Å². The first-order chi connectivity index (χ1) is 14.6. The molecule has 0 saturated heterocycles. The number of esters is 1. The molecule has 4 fully saturated rings. The molecule has 1 aromatic carbocycles. The summed E-state index contributed by atoms with van der Waals surface area (Å²) in [7, 11) is 0. The second kappa shape index (κ2) is 7.72. The highest BCUT2D eigenvalue weighted by Crippen LogP contribution is 2.68. The average molecular weight is 536 g/mol.